The molecular formula is C16H22FN3O3. The van der Waals surface area contributed by atoms with Gasteiger partial charge in [-0.2, -0.15) is 0 Å². The first-order valence-electron chi connectivity index (χ1n) is 7.56. The normalized spacial score (nSPS) is 15.5. The van der Waals surface area contributed by atoms with Crippen LogP contribution in [0.1, 0.15) is 12.5 Å². The third-order valence-corrected chi connectivity index (χ3v) is 4.02. The van der Waals surface area contributed by atoms with Crippen LogP contribution in [0.3, 0.4) is 0 Å². The Labute approximate surface area is 135 Å². The second-order valence-electron chi connectivity index (χ2n) is 5.82. The Morgan fingerprint density at radius 1 is 1.26 bits per heavy atom. The molecule has 1 aliphatic rings. The van der Waals surface area contributed by atoms with E-state index in [-0.39, 0.29) is 18.1 Å². The molecule has 0 saturated carbocycles. The van der Waals surface area contributed by atoms with Gasteiger partial charge < -0.3 is 14.9 Å². The fourth-order valence-electron chi connectivity index (χ4n) is 2.72. The minimum absolute atomic E-state index is 0.0870. The first kappa shape index (κ1) is 17.2. The number of hydrogen-bond donors (Lipinski definition) is 1. The number of nitrogens with zero attached hydrogens (tertiary/aromatic N) is 3. The van der Waals surface area contributed by atoms with Gasteiger partial charge in [-0.05, 0) is 17.7 Å². The van der Waals surface area contributed by atoms with Crippen LogP contribution in [-0.4, -0.2) is 66.6 Å². The zero-order chi connectivity index (χ0) is 17.0. The number of carbonyl (C=O) groups excluding carboxylic acids is 1. The quantitative estimate of drug-likeness (QED) is 0.876. The van der Waals surface area contributed by atoms with Crippen LogP contribution in [-0.2, 0) is 16.1 Å². The van der Waals surface area contributed by atoms with Crippen LogP contribution in [0.15, 0.2) is 18.2 Å². The highest BCUT2D eigenvalue weighted by Gasteiger charge is 2.19. The van der Waals surface area contributed by atoms with E-state index in [2.05, 4.69) is 4.90 Å². The highest BCUT2D eigenvalue weighted by atomic mass is 19.1. The van der Waals surface area contributed by atoms with Crippen LogP contribution in [0, 0.1) is 5.82 Å². The van der Waals surface area contributed by atoms with Gasteiger partial charge in [-0.25, -0.2) is 4.39 Å². The second kappa shape index (κ2) is 7.41. The maximum atomic E-state index is 13.9. The molecule has 1 N–H and O–H groups in total. The molecule has 6 nitrogen and oxygen atoms in total. The van der Waals surface area contributed by atoms with E-state index in [1.165, 1.54) is 11.0 Å². The van der Waals surface area contributed by atoms with Gasteiger partial charge in [0.1, 0.15) is 12.4 Å². The van der Waals surface area contributed by atoms with Crippen LogP contribution >= 0.6 is 0 Å². The summed E-state index contributed by atoms with van der Waals surface area (Å²) in [4.78, 5) is 27.5. The number of piperazine rings is 1. The van der Waals surface area contributed by atoms with Crippen LogP contribution in [0.4, 0.5) is 10.1 Å². The molecule has 0 radical (unpaired) electrons. The molecule has 1 aliphatic heterocycles. The minimum Gasteiger partial charge on any atom is -0.480 e. The number of rotatable bonds is 5. The number of carboxylic acids is 1. The van der Waals surface area contributed by atoms with Crippen LogP contribution in [0.5, 0.6) is 0 Å². The van der Waals surface area contributed by atoms with Crippen molar-refractivity contribution >= 4 is 17.6 Å². The summed E-state index contributed by atoms with van der Waals surface area (Å²) in [6.45, 7) is 4.91. The molecule has 1 heterocycles. The first-order valence-corrected chi connectivity index (χ1v) is 7.56. The molecule has 1 saturated heterocycles. The molecular weight excluding hydrogens is 301 g/mol. The highest BCUT2D eigenvalue weighted by Crippen LogP contribution is 2.21. The van der Waals surface area contributed by atoms with Crippen molar-refractivity contribution in [1.82, 2.24) is 9.80 Å². The predicted molar refractivity (Wildman–Crippen MR) is 84.8 cm³/mol. The Morgan fingerprint density at radius 3 is 2.48 bits per heavy atom. The Kier molecular flexibility index (Phi) is 5.54. The molecule has 0 spiro atoms. The Morgan fingerprint density at radius 2 is 1.91 bits per heavy atom. The summed E-state index contributed by atoms with van der Waals surface area (Å²) < 4.78 is 13.9. The summed E-state index contributed by atoms with van der Waals surface area (Å²) >= 11 is 0. The van der Waals surface area contributed by atoms with Gasteiger partial charge in [-0.1, -0.05) is 6.07 Å². The number of carboxylic acid groups (broad SMARTS) is 1. The van der Waals surface area contributed by atoms with Crippen molar-refractivity contribution in [1.29, 1.82) is 0 Å². The van der Waals surface area contributed by atoms with Crippen molar-refractivity contribution in [2.75, 3.05) is 44.7 Å². The van der Waals surface area contributed by atoms with E-state index in [4.69, 9.17) is 5.11 Å². The summed E-state index contributed by atoms with van der Waals surface area (Å²) in [5.41, 5.74) is 1.21. The average molecular weight is 323 g/mol. The molecule has 0 aromatic heterocycles. The lowest BCUT2D eigenvalue weighted by atomic mass is 10.1. The third kappa shape index (κ3) is 4.66. The number of hydrogen-bond acceptors (Lipinski definition) is 4. The molecule has 0 bridgehead atoms. The summed E-state index contributed by atoms with van der Waals surface area (Å²) in [6, 6.07) is 4.77. The first-order chi connectivity index (χ1) is 10.9. The molecule has 23 heavy (non-hydrogen) atoms. The van der Waals surface area contributed by atoms with Crippen molar-refractivity contribution in [3.63, 3.8) is 0 Å². The lowest BCUT2D eigenvalue weighted by molar-refractivity contribution is -0.135. The fourth-order valence-corrected chi connectivity index (χ4v) is 2.72. The van der Waals surface area contributed by atoms with E-state index in [0.717, 1.165) is 18.7 Å². The Hall–Kier alpha value is -2.15. The van der Waals surface area contributed by atoms with Crippen molar-refractivity contribution in [2.45, 2.75) is 13.5 Å². The average Bonchev–Trinajstić information content (AvgIpc) is 2.49. The van der Waals surface area contributed by atoms with Gasteiger partial charge in [0.15, 0.2) is 0 Å². The molecule has 1 amide bonds. The molecule has 1 aromatic carbocycles. The largest absolute Gasteiger partial charge is 0.480 e. The van der Waals surface area contributed by atoms with E-state index in [1.807, 2.05) is 4.90 Å². The zero-order valence-corrected chi connectivity index (χ0v) is 13.5. The maximum Gasteiger partial charge on any atom is 0.323 e. The lowest BCUT2D eigenvalue weighted by Gasteiger charge is -2.34. The molecule has 126 valence electrons. The zero-order valence-electron chi connectivity index (χ0n) is 13.5. The van der Waals surface area contributed by atoms with Gasteiger partial charge in [-0.3, -0.25) is 14.5 Å². The van der Waals surface area contributed by atoms with E-state index in [0.29, 0.717) is 19.6 Å². The number of likely N-dealkylation sites (N-methyl/N-ethyl adjacent to an activating group) is 1. The molecule has 2 rings (SSSR count). The SMILES string of the molecule is CC(=O)N1CCN(Cc2ccc(F)c(N(C)CC(=O)O)c2)CC1. The topological polar surface area (TPSA) is 64.1 Å². The van der Waals surface area contributed by atoms with Crippen LogP contribution in [0.2, 0.25) is 0 Å². The van der Waals surface area contributed by atoms with E-state index < -0.39 is 11.8 Å². The van der Waals surface area contributed by atoms with Crippen LogP contribution < -0.4 is 4.90 Å². The van der Waals surface area contributed by atoms with Gasteiger partial charge in [0.25, 0.3) is 0 Å². The highest BCUT2D eigenvalue weighted by molar-refractivity contribution is 5.74. The monoisotopic (exact) mass is 323 g/mol. The molecule has 1 aromatic rings. The maximum absolute atomic E-state index is 13.9. The standard InChI is InChI=1S/C16H22FN3O3/c1-12(21)20-7-5-19(6-8-20)10-13-3-4-14(17)15(9-13)18(2)11-16(22)23/h3-4,9H,5-8,10-11H2,1-2H3,(H,22,23). The number of anilines is 1. The molecule has 0 unspecified atom stereocenters. The van der Waals surface area contributed by atoms with E-state index in [9.17, 15) is 14.0 Å². The van der Waals surface area contributed by atoms with Crippen molar-refractivity contribution < 1.29 is 19.1 Å². The number of aliphatic carboxylic acids is 1. The van der Waals surface area contributed by atoms with Crippen molar-refractivity contribution in [3.8, 4) is 0 Å². The van der Waals surface area contributed by atoms with E-state index in [1.54, 1.807) is 26.1 Å². The third-order valence-electron chi connectivity index (χ3n) is 4.02. The summed E-state index contributed by atoms with van der Waals surface area (Å²) in [6.07, 6.45) is 0. The van der Waals surface area contributed by atoms with Gasteiger partial charge in [0.05, 0.1) is 5.69 Å². The second-order valence-corrected chi connectivity index (χ2v) is 5.82. The molecule has 0 atom stereocenters. The Balaban J connectivity index is 2.01. The van der Waals surface area contributed by atoms with Gasteiger partial charge in [0, 0.05) is 46.7 Å². The molecule has 1 fully saturated rings. The lowest BCUT2D eigenvalue weighted by Crippen LogP contribution is -2.47. The molecule has 0 aliphatic carbocycles. The summed E-state index contributed by atoms with van der Waals surface area (Å²) in [5.74, 6) is -1.35. The van der Waals surface area contributed by atoms with Gasteiger partial charge in [0.2, 0.25) is 5.91 Å². The number of benzene rings is 1. The van der Waals surface area contributed by atoms with Gasteiger partial charge in [-0.15, -0.1) is 0 Å². The Bertz CT molecular complexity index is 586. The van der Waals surface area contributed by atoms with Gasteiger partial charge >= 0.3 is 5.97 Å². The number of carbonyl (C=O) groups is 2. The summed E-state index contributed by atoms with van der Waals surface area (Å²) in [5, 5.41) is 8.83. The minimum atomic E-state index is -1.00. The number of amides is 1. The molecule has 7 heteroatoms. The smallest absolute Gasteiger partial charge is 0.323 e. The van der Waals surface area contributed by atoms with Crippen LogP contribution in [0.25, 0.3) is 0 Å². The summed E-state index contributed by atoms with van der Waals surface area (Å²) in [7, 11) is 1.56. The number of halogens is 1. The van der Waals surface area contributed by atoms with Crippen molar-refractivity contribution in [3.05, 3.63) is 29.6 Å². The van der Waals surface area contributed by atoms with Crippen molar-refractivity contribution in [2.24, 2.45) is 0 Å². The van der Waals surface area contributed by atoms with E-state index >= 15 is 0 Å². The fraction of sp³-hybridized carbons (Fsp3) is 0.500. The predicted octanol–water partition coefficient (Wildman–Crippen LogP) is 1.01.